The highest BCUT2D eigenvalue weighted by Gasteiger charge is 2.36. The molecule has 0 aliphatic carbocycles. The SMILES string of the molecule is O=C1NC(=O)N(c2ccc(F)cc2)C(=O)/C1=C/c1ccc(OCc2ccccc2)c(Br)c1. The van der Waals surface area contributed by atoms with Crippen LogP contribution in [0.1, 0.15) is 11.1 Å². The number of nitrogens with zero attached hydrogens (tertiary/aromatic N) is 1. The summed E-state index contributed by atoms with van der Waals surface area (Å²) in [6, 6.07) is 18.7. The standard InChI is InChI=1S/C24H16BrFN2O4/c25-20-13-16(6-11-21(20)32-14-15-4-2-1-3-5-15)12-19-22(29)27-24(31)28(23(19)30)18-9-7-17(26)8-10-18/h1-13H,14H2,(H,27,29,31)/b19-12+. The van der Waals surface area contributed by atoms with Crippen molar-refractivity contribution in [3.8, 4) is 5.75 Å². The normalized spacial score (nSPS) is 15.1. The van der Waals surface area contributed by atoms with Crippen LogP contribution < -0.4 is 15.0 Å². The van der Waals surface area contributed by atoms with Gasteiger partial charge in [-0.25, -0.2) is 14.1 Å². The molecule has 1 fully saturated rings. The first-order valence-electron chi connectivity index (χ1n) is 9.55. The molecule has 1 heterocycles. The first kappa shape index (κ1) is 21.5. The van der Waals surface area contributed by atoms with Crippen LogP contribution in [0.25, 0.3) is 6.08 Å². The predicted octanol–water partition coefficient (Wildman–Crippen LogP) is 4.83. The summed E-state index contributed by atoms with van der Waals surface area (Å²) in [6.07, 6.45) is 1.38. The lowest BCUT2D eigenvalue weighted by Gasteiger charge is -2.26. The molecule has 0 spiro atoms. The first-order valence-corrected chi connectivity index (χ1v) is 10.3. The maximum Gasteiger partial charge on any atom is 0.335 e. The van der Waals surface area contributed by atoms with Gasteiger partial charge in [-0.15, -0.1) is 0 Å². The lowest BCUT2D eigenvalue weighted by Crippen LogP contribution is -2.54. The first-order chi connectivity index (χ1) is 15.4. The molecule has 4 amide bonds. The fourth-order valence-electron chi connectivity index (χ4n) is 3.11. The van der Waals surface area contributed by atoms with E-state index >= 15 is 0 Å². The summed E-state index contributed by atoms with van der Waals surface area (Å²) in [7, 11) is 0. The van der Waals surface area contributed by atoms with Gasteiger partial charge in [-0.2, -0.15) is 0 Å². The number of rotatable bonds is 5. The number of benzene rings is 3. The van der Waals surface area contributed by atoms with Gasteiger partial charge in [0, 0.05) is 0 Å². The zero-order valence-electron chi connectivity index (χ0n) is 16.5. The van der Waals surface area contributed by atoms with Crippen LogP contribution in [0.2, 0.25) is 0 Å². The number of nitrogens with one attached hydrogen (secondary N) is 1. The molecule has 1 aliphatic rings. The lowest BCUT2D eigenvalue weighted by molar-refractivity contribution is -0.122. The van der Waals surface area contributed by atoms with Crippen molar-refractivity contribution in [3.63, 3.8) is 0 Å². The van der Waals surface area contributed by atoms with Crippen molar-refractivity contribution in [2.75, 3.05) is 4.90 Å². The number of carbonyl (C=O) groups excluding carboxylic acids is 3. The molecule has 160 valence electrons. The van der Waals surface area contributed by atoms with Gasteiger partial charge in [0.05, 0.1) is 10.2 Å². The molecule has 32 heavy (non-hydrogen) atoms. The number of urea groups is 1. The Kier molecular flexibility index (Phi) is 6.13. The fraction of sp³-hybridized carbons (Fsp3) is 0.0417. The van der Waals surface area contributed by atoms with Crippen LogP contribution in [0.5, 0.6) is 5.75 Å². The molecule has 1 aliphatic heterocycles. The molecule has 0 aromatic heterocycles. The second-order valence-corrected chi connectivity index (χ2v) is 7.75. The Hall–Kier alpha value is -3.78. The minimum absolute atomic E-state index is 0.151. The molecule has 3 aromatic carbocycles. The van der Waals surface area contributed by atoms with E-state index in [9.17, 15) is 18.8 Å². The van der Waals surface area contributed by atoms with E-state index < -0.39 is 23.7 Å². The highest BCUT2D eigenvalue weighted by Crippen LogP contribution is 2.29. The Morgan fingerprint density at radius 2 is 1.69 bits per heavy atom. The molecule has 3 aromatic rings. The molecule has 0 saturated carbocycles. The van der Waals surface area contributed by atoms with Crippen molar-refractivity contribution in [1.82, 2.24) is 5.32 Å². The van der Waals surface area contributed by atoms with E-state index in [-0.39, 0.29) is 11.3 Å². The maximum absolute atomic E-state index is 13.2. The van der Waals surface area contributed by atoms with Crippen LogP contribution >= 0.6 is 15.9 Å². The molecule has 0 unspecified atom stereocenters. The Bertz CT molecular complexity index is 1230. The topological polar surface area (TPSA) is 75.7 Å². The third-order valence-corrected chi connectivity index (χ3v) is 5.31. The lowest BCUT2D eigenvalue weighted by atomic mass is 10.1. The molecular weight excluding hydrogens is 479 g/mol. The highest BCUT2D eigenvalue weighted by molar-refractivity contribution is 9.10. The fourth-order valence-corrected chi connectivity index (χ4v) is 3.62. The maximum atomic E-state index is 13.2. The molecule has 1 saturated heterocycles. The summed E-state index contributed by atoms with van der Waals surface area (Å²) in [5.41, 5.74) is 1.49. The van der Waals surface area contributed by atoms with Crippen molar-refractivity contribution >= 4 is 45.5 Å². The zero-order chi connectivity index (χ0) is 22.7. The number of imide groups is 2. The monoisotopic (exact) mass is 494 g/mol. The average molecular weight is 495 g/mol. The Morgan fingerprint density at radius 3 is 2.38 bits per heavy atom. The van der Waals surface area contributed by atoms with Crippen molar-refractivity contribution in [2.24, 2.45) is 0 Å². The van der Waals surface area contributed by atoms with Gasteiger partial charge in [0.15, 0.2) is 0 Å². The predicted molar refractivity (Wildman–Crippen MR) is 120 cm³/mol. The Morgan fingerprint density at radius 1 is 0.969 bits per heavy atom. The van der Waals surface area contributed by atoms with Crippen molar-refractivity contribution < 1.29 is 23.5 Å². The van der Waals surface area contributed by atoms with Gasteiger partial charge in [-0.05, 0) is 69.5 Å². The van der Waals surface area contributed by atoms with Gasteiger partial charge in [0.2, 0.25) is 0 Å². The third kappa shape index (κ3) is 4.60. The number of carbonyl (C=O) groups is 3. The smallest absolute Gasteiger partial charge is 0.335 e. The van der Waals surface area contributed by atoms with Crippen molar-refractivity contribution in [3.05, 3.63) is 99.8 Å². The van der Waals surface area contributed by atoms with E-state index in [0.717, 1.165) is 22.6 Å². The minimum atomic E-state index is -0.894. The summed E-state index contributed by atoms with van der Waals surface area (Å²) in [5, 5.41) is 2.14. The van der Waals surface area contributed by atoms with Crippen molar-refractivity contribution in [2.45, 2.75) is 6.61 Å². The van der Waals surface area contributed by atoms with Crippen molar-refractivity contribution in [1.29, 1.82) is 0 Å². The Balaban J connectivity index is 1.57. The molecule has 1 N–H and O–H groups in total. The average Bonchev–Trinajstić information content (AvgIpc) is 2.78. The number of amides is 4. The highest BCUT2D eigenvalue weighted by atomic mass is 79.9. The molecule has 0 bridgehead atoms. The third-order valence-electron chi connectivity index (χ3n) is 4.69. The summed E-state index contributed by atoms with van der Waals surface area (Å²) in [5.74, 6) is -1.52. The molecule has 0 radical (unpaired) electrons. The molecule has 4 rings (SSSR count). The zero-order valence-corrected chi connectivity index (χ0v) is 18.1. The summed E-state index contributed by atoms with van der Waals surface area (Å²) >= 11 is 3.44. The molecule has 0 atom stereocenters. The summed E-state index contributed by atoms with van der Waals surface area (Å²) in [4.78, 5) is 38.2. The van der Waals surface area contributed by atoms with Gasteiger partial charge >= 0.3 is 6.03 Å². The number of ether oxygens (including phenoxy) is 1. The number of hydrogen-bond donors (Lipinski definition) is 1. The molecule has 8 heteroatoms. The van der Waals surface area contributed by atoms with Crippen LogP contribution in [0, 0.1) is 5.82 Å². The minimum Gasteiger partial charge on any atom is -0.488 e. The van der Waals surface area contributed by atoms with E-state index in [0.29, 0.717) is 22.4 Å². The van der Waals surface area contributed by atoms with Crippen LogP contribution in [-0.4, -0.2) is 17.8 Å². The number of barbiturate groups is 1. The van der Waals surface area contributed by atoms with E-state index in [4.69, 9.17) is 4.74 Å². The number of anilines is 1. The summed E-state index contributed by atoms with van der Waals surface area (Å²) in [6.45, 7) is 0.384. The second kappa shape index (κ2) is 9.15. The van der Waals surface area contributed by atoms with Gasteiger partial charge in [-0.1, -0.05) is 36.4 Å². The largest absolute Gasteiger partial charge is 0.488 e. The van der Waals surface area contributed by atoms with Crippen LogP contribution in [0.4, 0.5) is 14.9 Å². The van der Waals surface area contributed by atoms with Crippen LogP contribution in [0.3, 0.4) is 0 Å². The van der Waals surface area contributed by atoms with Crippen LogP contribution in [-0.2, 0) is 16.2 Å². The van der Waals surface area contributed by atoms with E-state index in [1.54, 1.807) is 18.2 Å². The second-order valence-electron chi connectivity index (χ2n) is 6.90. The number of hydrogen-bond acceptors (Lipinski definition) is 4. The molecule has 6 nitrogen and oxygen atoms in total. The van der Waals surface area contributed by atoms with Gasteiger partial charge in [0.25, 0.3) is 11.8 Å². The van der Waals surface area contributed by atoms with Gasteiger partial charge in [0.1, 0.15) is 23.7 Å². The van der Waals surface area contributed by atoms with E-state index in [1.165, 1.54) is 18.2 Å². The quantitative estimate of drug-likeness (QED) is 0.407. The summed E-state index contributed by atoms with van der Waals surface area (Å²) < 4.78 is 19.7. The Labute approximate surface area is 191 Å². The van der Waals surface area contributed by atoms with Crippen LogP contribution in [0.15, 0.2) is 82.8 Å². The van der Waals surface area contributed by atoms with Gasteiger partial charge in [-0.3, -0.25) is 14.9 Å². The van der Waals surface area contributed by atoms with E-state index in [2.05, 4.69) is 21.2 Å². The van der Waals surface area contributed by atoms with Gasteiger partial charge < -0.3 is 4.74 Å². The van der Waals surface area contributed by atoms with E-state index in [1.807, 2.05) is 30.3 Å². The number of halogens is 2. The molecular formula is C24H16BrFN2O4.